The van der Waals surface area contributed by atoms with Gasteiger partial charge in [-0.05, 0) is 68.3 Å². The summed E-state index contributed by atoms with van der Waals surface area (Å²) in [5, 5.41) is 4.84. The Labute approximate surface area is 182 Å². The third-order valence-electron chi connectivity index (χ3n) is 6.47. The first-order valence-electron chi connectivity index (χ1n) is 11.2. The van der Waals surface area contributed by atoms with Gasteiger partial charge in [0, 0.05) is 26.0 Å². The van der Waals surface area contributed by atoms with Crippen LogP contribution in [0.25, 0.3) is 20.4 Å². The molecule has 0 radical (unpaired) electrons. The van der Waals surface area contributed by atoms with E-state index >= 15 is 0 Å². The third-order valence-corrected chi connectivity index (χ3v) is 7.55. The highest BCUT2D eigenvalue weighted by Gasteiger charge is 2.34. The Balaban J connectivity index is 1.49. The van der Waals surface area contributed by atoms with Gasteiger partial charge in [0.1, 0.15) is 22.8 Å². The molecule has 5 rings (SSSR count). The highest BCUT2D eigenvalue weighted by molar-refractivity contribution is 7.26. The van der Waals surface area contributed by atoms with Crippen LogP contribution in [0.2, 0.25) is 0 Å². The maximum Gasteiger partial charge on any atom is 0.147 e. The number of likely N-dealkylation sites (tertiary alicyclic amines) is 1. The maximum absolute atomic E-state index is 5.08. The van der Waals surface area contributed by atoms with Gasteiger partial charge in [0.15, 0.2) is 0 Å². The van der Waals surface area contributed by atoms with Crippen molar-refractivity contribution in [3.05, 3.63) is 17.5 Å². The maximum atomic E-state index is 5.08. The molecule has 160 valence electrons. The van der Waals surface area contributed by atoms with Crippen molar-refractivity contribution in [2.45, 2.75) is 46.0 Å². The molecule has 0 atom stereocenters. The minimum atomic E-state index is 0.265. The van der Waals surface area contributed by atoms with Crippen LogP contribution in [0.1, 0.15) is 44.2 Å². The van der Waals surface area contributed by atoms with Gasteiger partial charge in [-0.25, -0.2) is 15.0 Å². The van der Waals surface area contributed by atoms with E-state index in [0.717, 1.165) is 52.5 Å². The zero-order valence-electron chi connectivity index (χ0n) is 18.6. The molecule has 1 aliphatic heterocycles. The number of anilines is 2. The van der Waals surface area contributed by atoms with E-state index in [4.69, 9.17) is 9.97 Å². The van der Waals surface area contributed by atoms with Gasteiger partial charge < -0.3 is 15.1 Å². The first kappa shape index (κ1) is 19.9. The van der Waals surface area contributed by atoms with Crippen LogP contribution < -0.4 is 10.2 Å². The van der Waals surface area contributed by atoms with Crippen LogP contribution in [0.3, 0.4) is 0 Å². The van der Waals surface area contributed by atoms with Crippen molar-refractivity contribution in [3.63, 3.8) is 0 Å². The highest BCUT2D eigenvalue weighted by atomic mass is 32.1. The van der Waals surface area contributed by atoms with Gasteiger partial charge in [0.25, 0.3) is 0 Å². The number of nitrogens with one attached hydrogen (secondary N) is 1. The predicted molar refractivity (Wildman–Crippen MR) is 127 cm³/mol. The first-order chi connectivity index (χ1) is 14.4. The highest BCUT2D eigenvalue weighted by Crippen LogP contribution is 2.47. The molecule has 0 amide bonds. The lowest BCUT2D eigenvalue weighted by atomic mass is 9.90. The lowest BCUT2D eigenvalue weighted by Gasteiger charge is -2.17. The van der Waals surface area contributed by atoms with Gasteiger partial charge in [-0.1, -0.05) is 13.8 Å². The zero-order valence-corrected chi connectivity index (χ0v) is 19.4. The Morgan fingerprint density at radius 1 is 1.13 bits per heavy atom. The Morgan fingerprint density at radius 3 is 2.67 bits per heavy atom. The fourth-order valence-electron chi connectivity index (χ4n) is 5.11. The molecular formula is C23H32N6S. The summed E-state index contributed by atoms with van der Waals surface area (Å²) < 4.78 is 1.14. The van der Waals surface area contributed by atoms with Crippen LogP contribution in [0.5, 0.6) is 0 Å². The number of pyridine rings is 1. The van der Waals surface area contributed by atoms with Crippen LogP contribution in [0.4, 0.5) is 11.6 Å². The van der Waals surface area contributed by atoms with Gasteiger partial charge in [-0.15, -0.1) is 11.3 Å². The van der Waals surface area contributed by atoms with Gasteiger partial charge >= 0.3 is 0 Å². The Hall–Kier alpha value is -1.99. The van der Waals surface area contributed by atoms with E-state index in [-0.39, 0.29) is 5.41 Å². The SMILES string of the molecule is CN(C)c1nc2sc3c(NCCCN4CCCC4)ncnc3c2c2c1CC(C)(C)C2. The van der Waals surface area contributed by atoms with E-state index in [1.54, 1.807) is 17.7 Å². The molecule has 3 aromatic heterocycles. The van der Waals surface area contributed by atoms with Crippen molar-refractivity contribution in [1.29, 1.82) is 0 Å². The Kier molecular flexibility index (Phi) is 5.06. The lowest BCUT2D eigenvalue weighted by Crippen LogP contribution is -2.22. The van der Waals surface area contributed by atoms with Crippen LogP contribution in [-0.4, -0.2) is 60.1 Å². The van der Waals surface area contributed by atoms with Crippen molar-refractivity contribution in [1.82, 2.24) is 19.9 Å². The molecule has 30 heavy (non-hydrogen) atoms. The van der Waals surface area contributed by atoms with E-state index in [1.807, 2.05) is 0 Å². The molecule has 6 nitrogen and oxygen atoms in total. The largest absolute Gasteiger partial charge is 0.369 e. The van der Waals surface area contributed by atoms with Gasteiger partial charge in [-0.2, -0.15) is 0 Å². The summed E-state index contributed by atoms with van der Waals surface area (Å²) in [6.45, 7) is 9.34. The summed E-state index contributed by atoms with van der Waals surface area (Å²) in [6, 6.07) is 0. The van der Waals surface area contributed by atoms with E-state index < -0.39 is 0 Å². The first-order valence-corrected chi connectivity index (χ1v) is 12.0. The van der Waals surface area contributed by atoms with Gasteiger partial charge in [0.05, 0.1) is 10.2 Å². The summed E-state index contributed by atoms with van der Waals surface area (Å²) >= 11 is 1.73. The van der Waals surface area contributed by atoms with E-state index in [2.05, 4.69) is 48.0 Å². The summed E-state index contributed by atoms with van der Waals surface area (Å²) in [4.78, 5) is 20.2. The van der Waals surface area contributed by atoms with Crippen molar-refractivity contribution in [2.24, 2.45) is 5.41 Å². The molecule has 1 aliphatic carbocycles. The van der Waals surface area contributed by atoms with E-state index in [1.165, 1.54) is 49.0 Å². The number of fused-ring (bicyclic) bond motifs is 5. The van der Waals surface area contributed by atoms with E-state index in [9.17, 15) is 0 Å². The molecule has 0 bridgehead atoms. The minimum Gasteiger partial charge on any atom is -0.369 e. The molecule has 1 fully saturated rings. The normalized spacial score (nSPS) is 18.4. The number of hydrogen-bond donors (Lipinski definition) is 1. The smallest absolute Gasteiger partial charge is 0.147 e. The number of rotatable bonds is 6. The second kappa shape index (κ2) is 7.61. The fraction of sp³-hybridized carbons (Fsp3) is 0.609. The second-order valence-corrected chi connectivity index (χ2v) is 10.8. The molecule has 0 saturated carbocycles. The number of hydrogen-bond acceptors (Lipinski definition) is 7. The molecule has 0 spiro atoms. The average molecular weight is 425 g/mol. The second-order valence-electron chi connectivity index (χ2n) is 9.82. The van der Waals surface area contributed by atoms with Crippen molar-refractivity contribution in [2.75, 3.05) is 50.5 Å². The van der Waals surface area contributed by atoms with Crippen LogP contribution in [-0.2, 0) is 12.8 Å². The molecule has 4 heterocycles. The van der Waals surface area contributed by atoms with Crippen LogP contribution in [0, 0.1) is 5.41 Å². The molecule has 0 unspecified atom stereocenters. The fourth-order valence-corrected chi connectivity index (χ4v) is 6.23. The quantitative estimate of drug-likeness (QED) is 0.595. The van der Waals surface area contributed by atoms with Crippen LogP contribution in [0.15, 0.2) is 6.33 Å². The molecular weight excluding hydrogens is 392 g/mol. The minimum absolute atomic E-state index is 0.265. The molecule has 7 heteroatoms. The number of nitrogens with zero attached hydrogens (tertiary/aromatic N) is 5. The predicted octanol–water partition coefficient (Wildman–Crippen LogP) is 4.33. The van der Waals surface area contributed by atoms with Gasteiger partial charge in [0.2, 0.25) is 0 Å². The van der Waals surface area contributed by atoms with E-state index in [0.29, 0.717) is 0 Å². The molecule has 0 aromatic carbocycles. The van der Waals surface area contributed by atoms with Crippen molar-refractivity contribution < 1.29 is 0 Å². The molecule has 3 aromatic rings. The molecule has 2 aliphatic rings. The van der Waals surface area contributed by atoms with Crippen molar-refractivity contribution in [3.8, 4) is 0 Å². The summed E-state index contributed by atoms with van der Waals surface area (Å²) in [6.07, 6.45) is 7.71. The summed E-state index contributed by atoms with van der Waals surface area (Å²) in [5.74, 6) is 2.07. The zero-order chi connectivity index (χ0) is 20.9. The van der Waals surface area contributed by atoms with Crippen LogP contribution >= 0.6 is 11.3 Å². The number of aromatic nitrogens is 3. The average Bonchev–Trinajstić information content (AvgIpc) is 3.40. The number of thiophene rings is 1. The van der Waals surface area contributed by atoms with Crippen molar-refractivity contribution >= 4 is 43.4 Å². The standard InChI is InChI=1S/C23H32N6S/c1-23(2)12-15-16(13-23)21(28(3)4)27-22-17(15)18-19(30-22)20(26-14-25-18)24-8-7-11-29-9-5-6-10-29/h14H,5-13H2,1-4H3,(H,24,25,26). The Bertz CT molecular complexity index is 1080. The summed E-state index contributed by atoms with van der Waals surface area (Å²) in [7, 11) is 4.19. The Morgan fingerprint density at radius 2 is 1.90 bits per heavy atom. The van der Waals surface area contributed by atoms with Gasteiger partial charge in [-0.3, -0.25) is 0 Å². The topological polar surface area (TPSA) is 57.2 Å². The molecule has 1 saturated heterocycles. The third kappa shape index (κ3) is 3.52. The lowest BCUT2D eigenvalue weighted by molar-refractivity contribution is 0.337. The monoisotopic (exact) mass is 424 g/mol. The molecule has 1 N–H and O–H groups in total. The summed E-state index contributed by atoms with van der Waals surface area (Å²) in [5.41, 5.74) is 4.18.